The Morgan fingerprint density at radius 2 is 1.65 bits per heavy atom. The van der Waals surface area contributed by atoms with E-state index in [1.165, 1.54) is 83.6 Å². The summed E-state index contributed by atoms with van der Waals surface area (Å²) < 4.78 is 30.3. The number of thioether (sulfide) groups is 1. The Labute approximate surface area is 377 Å². The number of aromatic hydroxyl groups is 1. The van der Waals surface area contributed by atoms with Gasteiger partial charge in [0.15, 0.2) is 23.0 Å². The van der Waals surface area contributed by atoms with Gasteiger partial charge in [0.05, 0.1) is 30.5 Å². The number of benzene rings is 2. The molecule has 4 unspecified atom stereocenters. The average molecular weight is 887 g/mol. The summed E-state index contributed by atoms with van der Waals surface area (Å²) in [5, 5.41) is 25.8. The molecule has 7 atom stereocenters. The van der Waals surface area contributed by atoms with Crippen LogP contribution in [-0.4, -0.2) is 89.7 Å². The number of cyclic esters (lactones) is 1. The number of carbonyl (C=O) groups excluding carboxylic acids is 3. The summed E-state index contributed by atoms with van der Waals surface area (Å²) >= 11 is 1.43. The predicted molar refractivity (Wildman–Crippen MR) is 241 cm³/mol. The highest BCUT2D eigenvalue weighted by molar-refractivity contribution is 7.99. The molecule has 13 nitrogen and oxygen atoms in total. The first-order chi connectivity index (χ1) is 30.6. The van der Waals surface area contributed by atoms with Gasteiger partial charge >= 0.3 is 11.9 Å². The summed E-state index contributed by atoms with van der Waals surface area (Å²) in [6.45, 7) is 11.6. The van der Waals surface area contributed by atoms with E-state index in [9.17, 15) is 24.8 Å². The highest BCUT2D eigenvalue weighted by Gasteiger charge is 2.61. The van der Waals surface area contributed by atoms with Gasteiger partial charge in [-0.3, -0.25) is 19.4 Å². The number of rotatable bonds is 19. The minimum absolute atomic E-state index is 0.0328. The Morgan fingerprint density at radius 1 is 0.984 bits per heavy atom. The molecule has 5 heterocycles. The summed E-state index contributed by atoms with van der Waals surface area (Å²) in [5.41, 5.74) is 4.30. The third-order valence-corrected chi connectivity index (χ3v) is 15.1. The van der Waals surface area contributed by atoms with Crippen LogP contribution in [0.4, 0.5) is 0 Å². The second-order valence-corrected chi connectivity index (χ2v) is 19.0. The molecule has 2 fully saturated rings. The van der Waals surface area contributed by atoms with Crippen molar-refractivity contribution < 1.29 is 43.2 Å². The van der Waals surface area contributed by atoms with Gasteiger partial charge in [0.2, 0.25) is 12.7 Å². The molecule has 0 saturated carbocycles. The van der Waals surface area contributed by atoms with Crippen LogP contribution in [0.25, 0.3) is 0 Å². The van der Waals surface area contributed by atoms with Gasteiger partial charge in [-0.1, -0.05) is 96.1 Å². The number of unbranched alkanes of at least 4 members (excludes halogenated alkanes) is 12. The number of nitriles is 1. The minimum atomic E-state index is -0.963. The summed E-state index contributed by atoms with van der Waals surface area (Å²) in [7, 11) is 1.54. The molecule has 2 aromatic rings. The number of phenols is 1. The standard InChI is InChI=1S/C49H66N4O9S/c1-7-9-10-11-12-13-14-15-16-17-18-19-20-21-37(55)51-33-27-63-48-40-39(47-46(60-28-61-47)30(4)45(40)62-31(5)54)36(26-59-49(33)57)53-35(25-50)34-24-32-23-29(3)44(58-6)43(56)38(32)41(42(48)53)52(34)22-8-2/h8,23,33-36,41-42,48,56H,2,7,9-22,24,26-28H2,1,3-6H3,(H,51,55)/t33?,34?,35-,36-,41?,42?,48+/m0/s1. The van der Waals surface area contributed by atoms with Gasteiger partial charge in [0.1, 0.15) is 24.4 Å². The molecule has 14 heteroatoms. The van der Waals surface area contributed by atoms with Gasteiger partial charge in [0, 0.05) is 60.0 Å². The number of aryl methyl sites for hydroxylation is 1. The molecular formula is C49H66N4O9S. The second kappa shape index (κ2) is 21.0. The molecule has 0 aromatic heterocycles. The number of esters is 2. The SMILES string of the molecule is C=CCN1C2c3c(cc(C)c(OC)c3O)CC1[C@H](C#N)N1C2[C@@H]2SCC(NC(=O)CCCCCCCCCCCCCCC)C(=O)OC[C@H]1c1c3c(c(C)c(OC(C)=O)c12)OCO3. The first-order valence-corrected chi connectivity index (χ1v) is 24.3. The molecule has 2 saturated heterocycles. The van der Waals surface area contributed by atoms with Crippen molar-refractivity contribution in [2.24, 2.45) is 0 Å². The molecule has 2 aromatic carbocycles. The molecule has 5 aliphatic heterocycles. The Bertz CT molecular complexity index is 2070. The van der Waals surface area contributed by atoms with Crippen molar-refractivity contribution in [1.29, 1.82) is 5.26 Å². The number of ether oxygens (including phenoxy) is 5. The number of amides is 1. The Kier molecular flexibility index (Phi) is 15.5. The molecule has 1 amide bonds. The second-order valence-electron chi connectivity index (χ2n) is 17.8. The highest BCUT2D eigenvalue weighted by Crippen LogP contribution is 2.64. The number of nitrogens with one attached hydrogen (secondary N) is 1. The number of hydrogen-bond acceptors (Lipinski definition) is 13. The lowest BCUT2D eigenvalue weighted by molar-refractivity contribution is -0.153. The maximum Gasteiger partial charge on any atom is 0.329 e. The van der Waals surface area contributed by atoms with Gasteiger partial charge in [-0.05, 0) is 37.8 Å². The van der Waals surface area contributed by atoms with E-state index in [0.717, 1.165) is 36.8 Å². The topological polar surface area (TPSA) is 160 Å². The number of hydrogen-bond donors (Lipinski definition) is 2. The smallest absolute Gasteiger partial charge is 0.329 e. The molecule has 0 spiro atoms. The number of carbonyl (C=O) groups is 3. The van der Waals surface area contributed by atoms with E-state index in [2.05, 4.69) is 34.7 Å². The maximum absolute atomic E-state index is 14.1. The Hall–Kier alpha value is -4.45. The third-order valence-electron chi connectivity index (χ3n) is 13.7. The number of piperazine rings is 1. The Morgan fingerprint density at radius 3 is 2.29 bits per heavy atom. The molecule has 0 aliphatic carbocycles. The van der Waals surface area contributed by atoms with Crippen LogP contribution in [0.15, 0.2) is 18.7 Å². The van der Waals surface area contributed by atoms with Gasteiger partial charge in [0.25, 0.3) is 0 Å². The zero-order chi connectivity index (χ0) is 44.8. The van der Waals surface area contributed by atoms with Crippen LogP contribution in [0.2, 0.25) is 0 Å². The van der Waals surface area contributed by atoms with Gasteiger partial charge in [-0.25, -0.2) is 4.79 Å². The van der Waals surface area contributed by atoms with Crippen LogP contribution in [0.3, 0.4) is 0 Å². The van der Waals surface area contributed by atoms with Crippen molar-refractivity contribution in [3.8, 4) is 34.8 Å². The van der Waals surface area contributed by atoms with Crippen LogP contribution in [-0.2, 0) is 25.5 Å². The van der Waals surface area contributed by atoms with E-state index in [1.54, 1.807) is 0 Å². The summed E-state index contributed by atoms with van der Waals surface area (Å²) in [6, 6.07) is 0.858. The van der Waals surface area contributed by atoms with Crippen LogP contribution in [0.1, 0.15) is 154 Å². The summed E-state index contributed by atoms with van der Waals surface area (Å²) in [5.74, 6) is 0.459. The predicted octanol–water partition coefficient (Wildman–Crippen LogP) is 8.75. The van der Waals surface area contributed by atoms with E-state index < -0.39 is 47.4 Å². The van der Waals surface area contributed by atoms with E-state index in [1.807, 2.05) is 26.0 Å². The third kappa shape index (κ3) is 9.39. The van der Waals surface area contributed by atoms with E-state index in [0.29, 0.717) is 64.6 Å². The first kappa shape index (κ1) is 46.5. The zero-order valence-electron chi connectivity index (χ0n) is 37.8. The fraction of sp³-hybridized carbons (Fsp3) is 0.633. The average Bonchev–Trinajstić information content (AvgIpc) is 3.75. The Balaban J connectivity index is 1.19. The number of phenolic OH excluding ortho intramolecular Hbond substituents is 1. The van der Waals surface area contributed by atoms with E-state index >= 15 is 0 Å². The molecule has 2 N–H and O–H groups in total. The maximum atomic E-state index is 14.1. The van der Waals surface area contributed by atoms with Gasteiger partial charge in [-0.15, -0.1) is 18.3 Å². The van der Waals surface area contributed by atoms with Gasteiger partial charge in [-0.2, -0.15) is 5.26 Å². The summed E-state index contributed by atoms with van der Waals surface area (Å²) in [6.07, 6.45) is 18.2. The quantitative estimate of drug-likeness (QED) is 0.0597. The van der Waals surface area contributed by atoms with E-state index in [4.69, 9.17) is 23.7 Å². The number of methoxy groups -OCH3 is 1. The lowest BCUT2D eigenvalue weighted by Gasteiger charge is -2.62. The van der Waals surface area contributed by atoms with Crippen LogP contribution in [0.5, 0.6) is 28.7 Å². The largest absolute Gasteiger partial charge is 0.504 e. The van der Waals surface area contributed by atoms with Crippen molar-refractivity contribution in [2.45, 2.75) is 166 Å². The van der Waals surface area contributed by atoms with Crippen LogP contribution < -0.4 is 24.3 Å². The molecule has 342 valence electrons. The lowest BCUT2D eigenvalue weighted by Crippen LogP contribution is -2.70. The van der Waals surface area contributed by atoms with Crippen molar-refractivity contribution >= 4 is 29.6 Å². The van der Waals surface area contributed by atoms with Crippen molar-refractivity contribution in [2.75, 3.05) is 32.8 Å². The highest BCUT2D eigenvalue weighted by atomic mass is 32.2. The fourth-order valence-corrected chi connectivity index (χ4v) is 12.4. The molecule has 5 aliphatic rings. The summed E-state index contributed by atoms with van der Waals surface area (Å²) in [4.78, 5) is 44.9. The van der Waals surface area contributed by atoms with Crippen LogP contribution in [0, 0.1) is 25.2 Å². The molecule has 0 radical (unpaired) electrons. The fourth-order valence-electron chi connectivity index (χ4n) is 10.9. The lowest BCUT2D eigenvalue weighted by atomic mass is 9.71. The normalized spacial score (nSPS) is 24.6. The first-order valence-electron chi connectivity index (χ1n) is 23.2. The molecule has 7 rings (SSSR count). The van der Waals surface area contributed by atoms with Crippen molar-refractivity contribution in [3.05, 3.63) is 52.1 Å². The molecule has 63 heavy (non-hydrogen) atoms. The van der Waals surface area contributed by atoms with Gasteiger partial charge < -0.3 is 34.1 Å². The minimum Gasteiger partial charge on any atom is -0.504 e. The van der Waals surface area contributed by atoms with Crippen molar-refractivity contribution in [3.63, 3.8) is 0 Å². The van der Waals surface area contributed by atoms with E-state index in [-0.39, 0.29) is 36.9 Å². The zero-order valence-corrected chi connectivity index (χ0v) is 38.6. The monoisotopic (exact) mass is 886 g/mol. The van der Waals surface area contributed by atoms with Crippen molar-refractivity contribution in [1.82, 2.24) is 15.1 Å². The molecule has 4 bridgehead atoms. The number of nitrogens with zero attached hydrogens (tertiary/aromatic N) is 3. The number of fused-ring (bicyclic) bond motifs is 9. The molecular weight excluding hydrogens is 821 g/mol. The van der Waals surface area contributed by atoms with Crippen LogP contribution >= 0.6 is 11.8 Å².